The minimum Gasteiger partial charge on any atom is -0.361 e. The van der Waals surface area contributed by atoms with Gasteiger partial charge in [0.15, 0.2) is 5.78 Å². The van der Waals surface area contributed by atoms with Crippen LogP contribution >= 0.6 is 11.6 Å². The monoisotopic (exact) mass is 306 g/mol. The van der Waals surface area contributed by atoms with E-state index in [0.29, 0.717) is 6.42 Å². The maximum atomic E-state index is 12.4. The fourth-order valence-electron chi connectivity index (χ4n) is 2.64. The number of fused-ring (bicyclic) bond motifs is 1. The van der Waals surface area contributed by atoms with E-state index in [1.54, 1.807) is 0 Å². The number of H-pyrrole nitrogens is 1. The van der Waals surface area contributed by atoms with Gasteiger partial charge in [0.2, 0.25) is 0 Å². The minimum absolute atomic E-state index is 0.0157. The molecule has 0 amide bonds. The second-order valence-corrected chi connectivity index (χ2v) is 6.52. The lowest BCUT2D eigenvalue weighted by Crippen LogP contribution is -2.44. The Labute approximate surface area is 131 Å². The molecular weight excluding hydrogens is 284 g/mol. The number of Topliss-reactive ketones (excluding diaryl/α,β-unsaturated/α-hetero) is 1. The quantitative estimate of drug-likeness (QED) is 0.848. The third-order valence-corrected chi connectivity index (χ3v) is 3.92. The summed E-state index contributed by atoms with van der Waals surface area (Å²) in [5, 5.41) is 5.12. The van der Waals surface area contributed by atoms with Crippen LogP contribution in [0.4, 0.5) is 0 Å². The highest BCUT2D eigenvalue weighted by Gasteiger charge is 2.23. The highest BCUT2D eigenvalue weighted by Crippen LogP contribution is 2.27. The Morgan fingerprint density at radius 1 is 1.29 bits per heavy atom. The van der Waals surface area contributed by atoms with E-state index in [9.17, 15) is 4.79 Å². The third-order valence-electron chi connectivity index (χ3n) is 3.61. The molecule has 0 bridgehead atoms. The van der Waals surface area contributed by atoms with Crippen molar-refractivity contribution in [1.29, 1.82) is 0 Å². The maximum Gasteiger partial charge on any atom is 0.152 e. The van der Waals surface area contributed by atoms with Crippen molar-refractivity contribution in [3.63, 3.8) is 0 Å². The van der Waals surface area contributed by atoms with Crippen LogP contribution in [0, 0.1) is 5.92 Å². The van der Waals surface area contributed by atoms with Crippen LogP contribution < -0.4 is 5.32 Å². The molecule has 0 spiro atoms. The lowest BCUT2D eigenvalue weighted by atomic mass is 9.95. The zero-order chi connectivity index (χ0) is 15.6. The van der Waals surface area contributed by atoms with Gasteiger partial charge in [-0.15, -0.1) is 0 Å². The zero-order valence-corrected chi connectivity index (χ0v) is 13.8. The van der Waals surface area contributed by atoms with Gasteiger partial charge in [0.1, 0.15) is 0 Å². The molecule has 1 heterocycles. The first-order valence-electron chi connectivity index (χ1n) is 7.44. The van der Waals surface area contributed by atoms with Crippen molar-refractivity contribution in [3.8, 4) is 0 Å². The lowest BCUT2D eigenvalue weighted by molar-refractivity contribution is -0.124. The van der Waals surface area contributed by atoms with E-state index in [1.807, 2.05) is 38.2 Å². The summed E-state index contributed by atoms with van der Waals surface area (Å²) >= 11 is 6.31. The van der Waals surface area contributed by atoms with E-state index >= 15 is 0 Å². The standard InChI is InChI=1S/C17H23ClN2O/c1-10(2)17(21)15(20-11(3)4)8-12-9-19-14-7-5-6-13(18)16(12)14/h5-7,9-11,15,19-20H,8H2,1-4H3/t15-/m0/s1. The van der Waals surface area contributed by atoms with Crippen LogP contribution in [-0.4, -0.2) is 22.9 Å². The topological polar surface area (TPSA) is 44.9 Å². The molecule has 1 atom stereocenters. The molecule has 4 heteroatoms. The van der Waals surface area contributed by atoms with Gasteiger partial charge in [0.25, 0.3) is 0 Å². The summed E-state index contributed by atoms with van der Waals surface area (Å²) in [5.41, 5.74) is 2.10. The van der Waals surface area contributed by atoms with E-state index in [-0.39, 0.29) is 23.8 Å². The molecule has 0 radical (unpaired) electrons. The molecular formula is C17H23ClN2O. The van der Waals surface area contributed by atoms with E-state index in [4.69, 9.17) is 11.6 Å². The highest BCUT2D eigenvalue weighted by atomic mass is 35.5. The van der Waals surface area contributed by atoms with Crippen LogP contribution in [0.25, 0.3) is 10.9 Å². The van der Waals surface area contributed by atoms with Crippen molar-refractivity contribution in [2.45, 2.75) is 46.2 Å². The van der Waals surface area contributed by atoms with Crippen molar-refractivity contribution < 1.29 is 4.79 Å². The largest absolute Gasteiger partial charge is 0.361 e. The molecule has 114 valence electrons. The number of ketones is 1. The van der Waals surface area contributed by atoms with Crippen LogP contribution in [0.15, 0.2) is 24.4 Å². The Balaban J connectivity index is 2.32. The number of aromatic nitrogens is 1. The maximum absolute atomic E-state index is 12.4. The predicted molar refractivity (Wildman–Crippen MR) is 88.9 cm³/mol. The Morgan fingerprint density at radius 3 is 2.62 bits per heavy atom. The summed E-state index contributed by atoms with van der Waals surface area (Å²) in [6, 6.07) is 5.89. The highest BCUT2D eigenvalue weighted by molar-refractivity contribution is 6.35. The van der Waals surface area contributed by atoms with Gasteiger partial charge in [-0.3, -0.25) is 4.79 Å². The van der Waals surface area contributed by atoms with Gasteiger partial charge in [-0.2, -0.15) is 0 Å². The summed E-state index contributed by atoms with van der Waals surface area (Å²) < 4.78 is 0. The Morgan fingerprint density at radius 2 is 2.00 bits per heavy atom. The van der Waals surface area contributed by atoms with Crippen LogP contribution in [0.2, 0.25) is 5.02 Å². The van der Waals surface area contributed by atoms with Gasteiger partial charge in [-0.25, -0.2) is 0 Å². The first-order valence-corrected chi connectivity index (χ1v) is 7.82. The number of halogens is 1. The van der Waals surface area contributed by atoms with Crippen molar-refractivity contribution in [3.05, 3.63) is 35.0 Å². The van der Waals surface area contributed by atoms with Gasteiger partial charge in [-0.1, -0.05) is 45.4 Å². The molecule has 1 aromatic heterocycles. The third kappa shape index (κ3) is 3.66. The summed E-state index contributed by atoms with van der Waals surface area (Å²) in [6.45, 7) is 8.00. The van der Waals surface area contributed by atoms with Crippen molar-refractivity contribution in [2.75, 3.05) is 0 Å². The van der Waals surface area contributed by atoms with Crippen molar-refractivity contribution in [2.24, 2.45) is 5.92 Å². The van der Waals surface area contributed by atoms with Crippen LogP contribution in [0.3, 0.4) is 0 Å². The number of nitrogens with one attached hydrogen (secondary N) is 2. The van der Waals surface area contributed by atoms with E-state index in [2.05, 4.69) is 24.1 Å². The molecule has 0 fully saturated rings. The number of aromatic amines is 1. The number of rotatable bonds is 6. The smallest absolute Gasteiger partial charge is 0.152 e. The molecule has 0 saturated heterocycles. The average Bonchev–Trinajstić information content (AvgIpc) is 2.81. The molecule has 2 aromatic rings. The fourth-order valence-corrected chi connectivity index (χ4v) is 2.93. The second-order valence-electron chi connectivity index (χ2n) is 6.11. The predicted octanol–water partition coefficient (Wildman–Crippen LogP) is 3.96. The summed E-state index contributed by atoms with van der Waals surface area (Å²) in [4.78, 5) is 15.7. The molecule has 2 N–H and O–H groups in total. The van der Waals surface area contributed by atoms with Crippen molar-refractivity contribution >= 4 is 28.3 Å². The summed E-state index contributed by atoms with van der Waals surface area (Å²) in [5.74, 6) is 0.257. The van der Waals surface area contributed by atoms with Gasteiger partial charge >= 0.3 is 0 Å². The SMILES string of the molecule is CC(C)N[C@@H](Cc1c[nH]c2cccc(Cl)c12)C(=O)C(C)C. The Hall–Kier alpha value is -1.32. The van der Waals surface area contributed by atoms with Crippen LogP contribution in [-0.2, 0) is 11.2 Å². The number of hydrogen-bond donors (Lipinski definition) is 2. The molecule has 0 aliphatic rings. The average molecular weight is 307 g/mol. The van der Waals surface area contributed by atoms with E-state index in [1.165, 1.54) is 0 Å². The fraction of sp³-hybridized carbons (Fsp3) is 0.471. The number of hydrogen-bond acceptors (Lipinski definition) is 2. The van der Waals surface area contributed by atoms with E-state index < -0.39 is 0 Å². The molecule has 0 saturated carbocycles. The van der Waals surface area contributed by atoms with E-state index in [0.717, 1.165) is 21.5 Å². The molecule has 21 heavy (non-hydrogen) atoms. The van der Waals surface area contributed by atoms with Gasteiger partial charge < -0.3 is 10.3 Å². The van der Waals surface area contributed by atoms with Gasteiger partial charge in [0, 0.05) is 29.1 Å². The van der Waals surface area contributed by atoms with Crippen molar-refractivity contribution in [1.82, 2.24) is 10.3 Å². The first-order chi connectivity index (χ1) is 9.90. The summed E-state index contributed by atoms with van der Waals surface area (Å²) in [6.07, 6.45) is 2.61. The molecule has 0 aliphatic heterocycles. The first kappa shape index (κ1) is 16.1. The van der Waals surface area contributed by atoms with Gasteiger partial charge in [-0.05, 0) is 24.1 Å². The molecule has 1 aromatic carbocycles. The van der Waals surface area contributed by atoms with Gasteiger partial charge in [0.05, 0.1) is 11.1 Å². The second kappa shape index (κ2) is 6.63. The van der Waals surface area contributed by atoms with Crippen LogP contribution in [0.5, 0.6) is 0 Å². The minimum atomic E-state index is -0.180. The molecule has 0 aliphatic carbocycles. The number of carbonyl (C=O) groups is 1. The number of benzene rings is 1. The molecule has 0 unspecified atom stereocenters. The Bertz CT molecular complexity index is 631. The normalized spacial score (nSPS) is 13.3. The summed E-state index contributed by atoms with van der Waals surface area (Å²) in [7, 11) is 0. The Kier molecular flexibility index (Phi) is 5.07. The lowest BCUT2D eigenvalue weighted by Gasteiger charge is -2.22. The molecule has 3 nitrogen and oxygen atoms in total. The molecule has 2 rings (SSSR count). The zero-order valence-electron chi connectivity index (χ0n) is 13.0. The number of carbonyl (C=O) groups excluding carboxylic acids is 1. The van der Waals surface area contributed by atoms with Crippen LogP contribution in [0.1, 0.15) is 33.3 Å².